The lowest BCUT2D eigenvalue weighted by Gasteiger charge is -2.19. The first-order valence-electron chi connectivity index (χ1n) is 6.76. The molecule has 1 amide bonds. The number of carbonyl (C=O) groups excluding carboxylic acids is 1. The van der Waals surface area contributed by atoms with Crippen LogP contribution in [0, 0.1) is 5.92 Å². The summed E-state index contributed by atoms with van der Waals surface area (Å²) in [5, 5.41) is 3.29. The Kier molecular flexibility index (Phi) is 4.80. The summed E-state index contributed by atoms with van der Waals surface area (Å²) in [7, 11) is 3.52. The first kappa shape index (κ1) is 13.9. The summed E-state index contributed by atoms with van der Waals surface area (Å²) in [6, 6.07) is 7.85. The smallest absolute Gasteiger partial charge is 0.222 e. The molecule has 104 valence electrons. The van der Waals surface area contributed by atoms with Crippen molar-refractivity contribution in [2.24, 2.45) is 5.92 Å². The topological polar surface area (TPSA) is 41.6 Å². The fraction of sp³-hybridized carbons (Fsp3) is 0.533. The Bertz CT molecular complexity index is 428. The van der Waals surface area contributed by atoms with E-state index >= 15 is 0 Å². The van der Waals surface area contributed by atoms with E-state index in [1.807, 2.05) is 31.3 Å². The van der Waals surface area contributed by atoms with Gasteiger partial charge in [-0.1, -0.05) is 12.1 Å². The Hall–Kier alpha value is -1.55. The SMILES string of the molecule is COc1cccc(CN(C)C(=O)CC2CCNC2)c1. The summed E-state index contributed by atoms with van der Waals surface area (Å²) in [6.45, 7) is 2.65. The normalized spacial score (nSPS) is 18.3. The lowest BCUT2D eigenvalue weighted by atomic mass is 10.0. The molecule has 4 heteroatoms. The largest absolute Gasteiger partial charge is 0.497 e. The number of nitrogens with zero attached hydrogens (tertiary/aromatic N) is 1. The quantitative estimate of drug-likeness (QED) is 0.877. The maximum absolute atomic E-state index is 12.1. The molecule has 0 aromatic heterocycles. The Morgan fingerprint density at radius 3 is 3.05 bits per heavy atom. The molecule has 4 nitrogen and oxygen atoms in total. The molecule has 1 aliphatic rings. The van der Waals surface area contributed by atoms with E-state index in [9.17, 15) is 4.79 Å². The summed E-state index contributed by atoms with van der Waals surface area (Å²) in [5.41, 5.74) is 1.10. The van der Waals surface area contributed by atoms with Crippen LogP contribution in [0.5, 0.6) is 5.75 Å². The number of amides is 1. The highest BCUT2D eigenvalue weighted by atomic mass is 16.5. The molecule has 0 bridgehead atoms. The van der Waals surface area contributed by atoms with Crippen LogP contribution in [0.25, 0.3) is 0 Å². The molecule has 1 aliphatic heterocycles. The fourth-order valence-electron chi connectivity index (χ4n) is 2.42. The van der Waals surface area contributed by atoms with E-state index in [0.717, 1.165) is 30.8 Å². The van der Waals surface area contributed by atoms with E-state index in [-0.39, 0.29) is 5.91 Å². The van der Waals surface area contributed by atoms with Crippen LogP contribution in [0.4, 0.5) is 0 Å². The van der Waals surface area contributed by atoms with Crippen molar-refractivity contribution in [1.29, 1.82) is 0 Å². The molecular weight excluding hydrogens is 240 g/mol. The number of rotatable bonds is 5. The van der Waals surface area contributed by atoms with Gasteiger partial charge in [0.25, 0.3) is 0 Å². The predicted molar refractivity (Wildman–Crippen MR) is 75.1 cm³/mol. The minimum absolute atomic E-state index is 0.219. The van der Waals surface area contributed by atoms with Crippen molar-refractivity contribution in [3.05, 3.63) is 29.8 Å². The van der Waals surface area contributed by atoms with Gasteiger partial charge in [0.1, 0.15) is 5.75 Å². The minimum Gasteiger partial charge on any atom is -0.497 e. The molecule has 1 saturated heterocycles. The second kappa shape index (κ2) is 6.57. The third kappa shape index (κ3) is 3.96. The van der Waals surface area contributed by atoms with Gasteiger partial charge in [0.2, 0.25) is 5.91 Å². The third-order valence-electron chi connectivity index (χ3n) is 3.61. The van der Waals surface area contributed by atoms with Crippen molar-refractivity contribution < 1.29 is 9.53 Å². The third-order valence-corrected chi connectivity index (χ3v) is 3.61. The lowest BCUT2D eigenvalue weighted by Crippen LogP contribution is -2.28. The average Bonchev–Trinajstić information content (AvgIpc) is 2.91. The van der Waals surface area contributed by atoms with Crippen LogP contribution in [-0.2, 0) is 11.3 Å². The van der Waals surface area contributed by atoms with Gasteiger partial charge in [-0.3, -0.25) is 4.79 Å². The Morgan fingerprint density at radius 2 is 2.37 bits per heavy atom. The van der Waals surface area contributed by atoms with Crippen LogP contribution in [0.15, 0.2) is 24.3 Å². The molecule has 0 aliphatic carbocycles. The van der Waals surface area contributed by atoms with Gasteiger partial charge in [0, 0.05) is 20.0 Å². The van der Waals surface area contributed by atoms with Crippen molar-refractivity contribution in [1.82, 2.24) is 10.2 Å². The lowest BCUT2D eigenvalue weighted by molar-refractivity contribution is -0.131. The van der Waals surface area contributed by atoms with Crippen LogP contribution in [0.1, 0.15) is 18.4 Å². The maximum atomic E-state index is 12.1. The predicted octanol–water partition coefficient (Wildman–Crippen LogP) is 1.65. The van der Waals surface area contributed by atoms with Crippen LogP contribution in [0.3, 0.4) is 0 Å². The Balaban J connectivity index is 1.88. The van der Waals surface area contributed by atoms with Crippen molar-refractivity contribution in [3.63, 3.8) is 0 Å². The molecule has 0 spiro atoms. The molecule has 1 atom stereocenters. The highest BCUT2D eigenvalue weighted by Gasteiger charge is 2.20. The number of benzene rings is 1. The van der Waals surface area contributed by atoms with Crippen molar-refractivity contribution >= 4 is 5.91 Å². The molecular formula is C15H22N2O2. The van der Waals surface area contributed by atoms with E-state index < -0.39 is 0 Å². The van der Waals surface area contributed by atoms with E-state index in [1.54, 1.807) is 12.0 Å². The Labute approximate surface area is 114 Å². The number of hydrogen-bond acceptors (Lipinski definition) is 3. The van der Waals surface area contributed by atoms with Gasteiger partial charge >= 0.3 is 0 Å². The summed E-state index contributed by atoms with van der Waals surface area (Å²) in [4.78, 5) is 13.9. The first-order valence-corrected chi connectivity index (χ1v) is 6.76. The van der Waals surface area contributed by atoms with Crippen LogP contribution in [-0.4, -0.2) is 38.1 Å². The number of ether oxygens (including phenoxy) is 1. The molecule has 0 radical (unpaired) electrons. The fourth-order valence-corrected chi connectivity index (χ4v) is 2.42. The molecule has 1 aromatic rings. The van der Waals surface area contributed by atoms with E-state index in [2.05, 4.69) is 5.32 Å². The minimum atomic E-state index is 0.219. The second-order valence-electron chi connectivity index (χ2n) is 5.16. The van der Waals surface area contributed by atoms with Gasteiger partial charge in [-0.15, -0.1) is 0 Å². The molecule has 1 heterocycles. The van der Waals surface area contributed by atoms with Crippen LogP contribution < -0.4 is 10.1 Å². The number of hydrogen-bond donors (Lipinski definition) is 1. The standard InChI is InChI=1S/C15H22N2O2/c1-17(15(18)9-12-6-7-16-10-12)11-13-4-3-5-14(8-13)19-2/h3-5,8,12,16H,6-7,9-11H2,1-2H3. The molecule has 2 rings (SSSR count). The zero-order chi connectivity index (χ0) is 13.7. The average molecular weight is 262 g/mol. The molecule has 1 unspecified atom stereocenters. The maximum Gasteiger partial charge on any atom is 0.222 e. The van der Waals surface area contributed by atoms with E-state index in [0.29, 0.717) is 18.9 Å². The van der Waals surface area contributed by atoms with Gasteiger partial charge in [-0.2, -0.15) is 0 Å². The second-order valence-corrected chi connectivity index (χ2v) is 5.16. The summed E-state index contributed by atoms with van der Waals surface area (Å²) in [5.74, 6) is 1.55. The zero-order valence-corrected chi connectivity index (χ0v) is 11.7. The van der Waals surface area contributed by atoms with Crippen molar-refractivity contribution in [2.45, 2.75) is 19.4 Å². The molecule has 1 aromatic carbocycles. The van der Waals surface area contributed by atoms with Gasteiger partial charge in [-0.05, 0) is 43.1 Å². The van der Waals surface area contributed by atoms with Gasteiger partial charge in [0.05, 0.1) is 7.11 Å². The summed E-state index contributed by atoms with van der Waals surface area (Å²) in [6.07, 6.45) is 1.76. The highest BCUT2D eigenvalue weighted by Crippen LogP contribution is 2.16. The van der Waals surface area contributed by atoms with E-state index in [1.165, 1.54) is 0 Å². The van der Waals surface area contributed by atoms with Crippen LogP contribution >= 0.6 is 0 Å². The number of nitrogens with one attached hydrogen (secondary N) is 1. The van der Waals surface area contributed by atoms with Crippen LogP contribution in [0.2, 0.25) is 0 Å². The number of methoxy groups -OCH3 is 1. The number of carbonyl (C=O) groups is 1. The zero-order valence-electron chi connectivity index (χ0n) is 11.7. The van der Waals surface area contributed by atoms with Crippen molar-refractivity contribution in [3.8, 4) is 5.75 Å². The van der Waals surface area contributed by atoms with Gasteiger partial charge in [0.15, 0.2) is 0 Å². The molecule has 0 saturated carbocycles. The summed E-state index contributed by atoms with van der Waals surface area (Å²) >= 11 is 0. The monoisotopic (exact) mass is 262 g/mol. The van der Waals surface area contributed by atoms with Gasteiger partial charge < -0.3 is 15.0 Å². The van der Waals surface area contributed by atoms with Gasteiger partial charge in [-0.25, -0.2) is 0 Å². The van der Waals surface area contributed by atoms with Crippen molar-refractivity contribution in [2.75, 3.05) is 27.2 Å². The Morgan fingerprint density at radius 1 is 1.53 bits per heavy atom. The summed E-state index contributed by atoms with van der Waals surface area (Å²) < 4.78 is 5.19. The molecule has 1 fully saturated rings. The molecule has 1 N–H and O–H groups in total. The van der Waals surface area contributed by atoms with E-state index in [4.69, 9.17) is 4.74 Å². The highest BCUT2D eigenvalue weighted by molar-refractivity contribution is 5.76. The molecule has 19 heavy (non-hydrogen) atoms. The first-order chi connectivity index (χ1) is 9.19.